The number of benzene rings is 1. The van der Waals surface area contributed by atoms with Crippen LogP contribution in [-0.4, -0.2) is 16.3 Å². The SMILES string of the molecule is Cc1ccnc(Sc2ccc(Cl)cc2C=O)n1. The third kappa shape index (κ3) is 3.05. The van der Waals surface area contributed by atoms with Gasteiger partial charge in [-0.1, -0.05) is 11.6 Å². The highest BCUT2D eigenvalue weighted by Crippen LogP contribution is 2.28. The molecule has 0 bridgehead atoms. The van der Waals surface area contributed by atoms with Crippen LogP contribution in [0.2, 0.25) is 5.02 Å². The van der Waals surface area contributed by atoms with E-state index < -0.39 is 0 Å². The fourth-order valence-corrected chi connectivity index (χ4v) is 2.32. The number of hydrogen-bond donors (Lipinski definition) is 0. The molecular formula is C12H9ClN2OS. The molecule has 0 aliphatic carbocycles. The van der Waals surface area contributed by atoms with Crippen molar-refractivity contribution in [1.29, 1.82) is 0 Å². The Labute approximate surface area is 108 Å². The molecule has 0 saturated heterocycles. The Balaban J connectivity index is 2.32. The summed E-state index contributed by atoms with van der Waals surface area (Å²) in [6.07, 6.45) is 2.48. The second-order valence-electron chi connectivity index (χ2n) is 3.38. The lowest BCUT2D eigenvalue weighted by molar-refractivity contribution is 0.112. The van der Waals surface area contributed by atoms with Crippen molar-refractivity contribution < 1.29 is 4.79 Å². The van der Waals surface area contributed by atoms with Gasteiger partial charge in [0.05, 0.1) is 0 Å². The van der Waals surface area contributed by atoms with E-state index in [-0.39, 0.29) is 0 Å². The van der Waals surface area contributed by atoms with E-state index in [2.05, 4.69) is 9.97 Å². The first-order valence-corrected chi connectivity index (χ1v) is 6.11. The lowest BCUT2D eigenvalue weighted by Gasteiger charge is -2.04. The van der Waals surface area contributed by atoms with Crippen LogP contribution in [0.5, 0.6) is 0 Å². The Morgan fingerprint density at radius 1 is 1.35 bits per heavy atom. The quantitative estimate of drug-likeness (QED) is 0.629. The standard InChI is InChI=1S/C12H9ClN2OS/c1-8-4-5-14-12(15-8)17-11-3-2-10(13)6-9(11)7-16/h2-7H,1H3. The molecule has 2 rings (SSSR count). The van der Waals surface area contributed by atoms with Gasteiger partial charge in [-0.15, -0.1) is 0 Å². The van der Waals surface area contributed by atoms with E-state index in [1.807, 2.05) is 13.0 Å². The van der Waals surface area contributed by atoms with Crippen molar-refractivity contribution in [2.45, 2.75) is 17.0 Å². The van der Waals surface area contributed by atoms with Gasteiger partial charge in [-0.25, -0.2) is 9.97 Å². The summed E-state index contributed by atoms with van der Waals surface area (Å²) in [5.74, 6) is 0. The first kappa shape index (κ1) is 12.1. The van der Waals surface area contributed by atoms with E-state index in [9.17, 15) is 4.79 Å². The van der Waals surface area contributed by atoms with Gasteiger partial charge in [0, 0.05) is 27.4 Å². The van der Waals surface area contributed by atoms with Crippen LogP contribution in [0.15, 0.2) is 40.5 Å². The van der Waals surface area contributed by atoms with Gasteiger partial charge in [-0.3, -0.25) is 4.79 Å². The summed E-state index contributed by atoms with van der Waals surface area (Å²) in [5.41, 5.74) is 1.44. The summed E-state index contributed by atoms with van der Waals surface area (Å²) in [6.45, 7) is 1.90. The van der Waals surface area contributed by atoms with Crippen LogP contribution < -0.4 is 0 Å². The van der Waals surface area contributed by atoms with E-state index in [1.54, 1.807) is 24.4 Å². The second-order valence-corrected chi connectivity index (χ2v) is 4.83. The molecule has 5 heteroatoms. The molecule has 0 radical (unpaired) electrons. The lowest BCUT2D eigenvalue weighted by Crippen LogP contribution is -1.90. The van der Waals surface area contributed by atoms with Crippen molar-refractivity contribution in [2.24, 2.45) is 0 Å². The highest BCUT2D eigenvalue weighted by atomic mass is 35.5. The molecule has 2 aromatic rings. The van der Waals surface area contributed by atoms with E-state index in [1.165, 1.54) is 11.8 Å². The van der Waals surface area contributed by atoms with Crippen LogP contribution in [0, 0.1) is 6.92 Å². The molecule has 0 saturated carbocycles. The molecule has 17 heavy (non-hydrogen) atoms. The molecule has 0 spiro atoms. The molecule has 0 unspecified atom stereocenters. The van der Waals surface area contributed by atoms with Gasteiger partial charge in [0.25, 0.3) is 0 Å². The minimum Gasteiger partial charge on any atom is -0.298 e. The van der Waals surface area contributed by atoms with Crippen molar-refractivity contribution in [2.75, 3.05) is 0 Å². The number of rotatable bonds is 3. The number of carbonyl (C=O) groups excluding carboxylic acids is 1. The maximum Gasteiger partial charge on any atom is 0.192 e. The third-order valence-corrected chi connectivity index (χ3v) is 3.28. The van der Waals surface area contributed by atoms with Gasteiger partial charge in [-0.05, 0) is 43.0 Å². The number of aldehydes is 1. The average Bonchev–Trinajstić information content (AvgIpc) is 2.31. The Hall–Kier alpha value is -1.39. The van der Waals surface area contributed by atoms with Crippen molar-refractivity contribution in [3.05, 3.63) is 46.7 Å². The highest BCUT2D eigenvalue weighted by molar-refractivity contribution is 7.99. The van der Waals surface area contributed by atoms with Crippen LogP contribution in [0.1, 0.15) is 16.1 Å². The molecule has 86 valence electrons. The van der Waals surface area contributed by atoms with Gasteiger partial charge in [0.2, 0.25) is 0 Å². The van der Waals surface area contributed by atoms with Crippen molar-refractivity contribution >= 4 is 29.6 Å². The van der Waals surface area contributed by atoms with Gasteiger partial charge in [0.1, 0.15) is 0 Å². The summed E-state index contributed by atoms with van der Waals surface area (Å²) >= 11 is 7.17. The first-order chi connectivity index (χ1) is 8.19. The Morgan fingerprint density at radius 2 is 2.18 bits per heavy atom. The zero-order valence-corrected chi connectivity index (χ0v) is 10.6. The molecule has 0 aliphatic rings. The van der Waals surface area contributed by atoms with E-state index in [0.717, 1.165) is 16.9 Å². The van der Waals surface area contributed by atoms with Gasteiger partial charge in [-0.2, -0.15) is 0 Å². The molecule has 1 aromatic heterocycles. The zero-order valence-electron chi connectivity index (χ0n) is 9.05. The van der Waals surface area contributed by atoms with Crippen molar-refractivity contribution in [3.8, 4) is 0 Å². The largest absolute Gasteiger partial charge is 0.298 e. The maximum atomic E-state index is 10.9. The first-order valence-electron chi connectivity index (χ1n) is 4.91. The highest BCUT2D eigenvalue weighted by Gasteiger charge is 2.06. The molecule has 0 amide bonds. The second kappa shape index (κ2) is 5.29. The Morgan fingerprint density at radius 3 is 2.88 bits per heavy atom. The molecule has 0 aliphatic heterocycles. The normalized spacial score (nSPS) is 10.2. The topological polar surface area (TPSA) is 42.9 Å². The third-order valence-electron chi connectivity index (χ3n) is 2.07. The number of hydrogen-bond acceptors (Lipinski definition) is 4. The predicted molar refractivity (Wildman–Crippen MR) is 67.7 cm³/mol. The number of carbonyl (C=O) groups is 1. The molecule has 1 aromatic carbocycles. The van der Waals surface area contributed by atoms with E-state index >= 15 is 0 Å². The molecule has 1 heterocycles. The van der Waals surface area contributed by atoms with Crippen LogP contribution >= 0.6 is 23.4 Å². The minimum atomic E-state index is 0.543. The van der Waals surface area contributed by atoms with Gasteiger partial charge in [0.15, 0.2) is 11.4 Å². The summed E-state index contributed by atoms with van der Waals surface area (Å²) < 4.78 is 0. The maximum absolute atomic E-state index is 10.9. The van der Waals surface area contributed by atoms with E-state index in [0.29, 0.717) is 15.7 Å². The van der Waals surface area contributed by atoms with Crippen LogP contribution in [0.3, 0.4) is 0 Å². The van der Waals surface area contributed by atoms with Crippen LogP contribution in [0.4, 0.5) is 0 Å². The molecule has 0 fully saturated rings. The minimum absolute atomic E-state index is 0.543. The number of aryl methyl sites for hydroxylation is 1. The summed E-state index contributed by atoms with van der Waals surface area (Å²) in [4.78, 5) is 20.1. The van der Waals surface area contributed by atoms with Crippen molar-refractivity contribution in [1.82, 2.24) is 9.97 Å². The Bertz CT molecular complexity index is 560. The van der Waals surface area contributed by atoms with Gasteiger partial charge < -0.3 is 0 Å². The monoisotopic (exact) mass is 264 g/mol. The molecule has 0 atom stereocenters. The predicted octanol–water partition coefficient (Wildman–Crippen LogP) is 3.40. The van der Waals surface area contributed by atoms with Gasteiger partial charge >= 0.3 is 0 Å². The van der Waals surface area contributed by atoms with Crippen LogP contribution in [0.25, 0.3) is 0 Å². The fourth-order valence-electron chi connectivity index (χ4n) is 1.28. The number of halogens is 1. The smallest absolute Gasteiger partial charge is 0.192 e. The molecule has 0 N–H and O–H groups in total. The molecule has 3 nitrogen and oxygen atoms in total. The number of nitrogens with zero attached hydrogens (tertiary/aromatic N) is 2. The average molecular weight is 265 g/mol. The molecular weight excluding hydrogens is 256 g/mol. The summed E-state index contributed by atoms with van der Waals surface area (Å²) in [6, 6.07) is 6.99. The Kier molecular flexibility index (Phi) is 3.76. The zero-order chi connectivity index (χ0) is 12.3. The summed E-state index contributed by atoms with van der Waals surface area (Å²) in [5, 5.41) is 1.16. The summed E-state index contributed by atoms with van der Waals surface area (Å²) in [7, 11) is 0. The number of aromatic nitrogens is 2. The fraction of sp³-hybridized carbons (Fsp3) is 0.0833. The van der Waals surface area contributed by atoms with E-state index in [4.69, 9.17) is 11.6 Å². The van der Waals surface area contributed by atoms with Crippen LogP contribution in [-0.2, 0) is 0 Å². The van der Waals surface area contributed by atoms with Crippen molar-refractivity contribution in [3.63, 3.8) is 0 Å². The lowest BCUT2D eigenvalue weighted by atomic mass is 10.2.